The number of carbonyl (C=O) groups is 1. The van der Waals surface area contributed by atoms with Crippen LogP contribution in [0.1, 0.15) is 16.1 Å². The number of aromatic nitrogens is 2. The minimum atomic E-state index is -0.127. The molecule has 0 aliphatic rings. The number of hydrogen-bond donors (Lipinski definition) is 2. The van der Waals surface area contributed by atoms with Crippen molar-refractivity contribution in [2.24, 2.45) is 4.99 Å². The van der Waals surface area contributed by atoms with Crippen molar-refractivity contribution in [3.8, 4) is 0 Å². The number of imidazole rings is 1. The van der Waals surface area contributed by atoms with Crippen LogP contribution in [0.15, 0.2) is 47.8 Å². The fourth-order valence-corrected chi connectivity index (χ4v) is 2.82. The molecular formula is C15H19IN4OS2. The Morgan fingerprint density at radius 2 is 2.13 bits per heavy atom. The van der Waals surface area contributed by atoms with Crippen LogP contribution in [-0.4, -0.2) is 39.6 Å². The zero-order valence-corrected chi connectivity index (χ0v) is 16.7. The SMILES string of the molecule is CSC(=NCCSCc1c[nH]cn1)NC(=O)c1ccccc1.I. The van der Waals surface area contributed by atoms with Gasteiger partial charge in [-0.1, -0.05) is 30.0 Å². The lowest BCUT2D eigenvalue weighted by Crippen LogP contribution is -2.28. The third kappa shape index (κ3) is 7.40. The number of aliphatic imine (C=N–C) groups is 1. The van der Waals surface area contributed by atoms with Gasteiger partial charge in [0.1, 0.15) is 0 Å². The highest BCUT2D eigenvalue weighted by molar-refractivity contribution is 14.0. The summed E-state index contributed by atoms with van der Waals surface area (Å²) in [6.07, 6.45) is 5.48. The second-order valence-electron chi connectivity index (χ2n) is 4.32. The van der Waals surface area contributed by atoms with Crippen LogP contribution in [0.3, 0.4) is 0 Å². The summed E-state index contributed by atoms with van der Waals surface area (Å²) < 4.78 is 0. The van der Waals surface area contributed by atoms with E-state index in [1.807, 2.05) is 30.7 Å². The number of amides is 1. The van der Waals surface area contributed by atoms with Crippen molar-refractivity contribution in [2.75, 3.05) is 18.6 Å². The fourth-order valence-electron chi connectivity index (χ4n) is 1.67. The minimum Gasteiger partial charge on any atom is -0.351 e. The van der Waals surface area contributed by atoms with E-state index in [2.05, 4.69) is 20.3 Å². The molecule has 2 rings (SSSR count). The van der Waals surface area contributed by atoms with Gasteiger partial charge in [0.25, 0.3) is 5.91 Å². The number of thioether (sulfide) groups is 2. The highest BCUT2D eigenvalue weighted by Crippen LogP contribution is 2.09. The molecule has 0 bridgehead atoms. The number of hydrogen-bond acceptors (Lipinski definition) is 5. The first-order valence-electron chi connectivity index (χ1n) is 6.80. The summed E-state index contributed by atoms with van der Waals surface area (Å²) in [4.78, 5) is 23.6. The number of H-pyrrole nitrogens is 1. The van der Waals surface area contributed by atoms with Gasteiger partial charge in [-0.05, 0) is 18.4 Å². The number of aromatic amines is 1. The van der Waals surface area contributed by atoms with Gasteiger partial charge in [0, 0.05) is 23.3 Å². The van der Waals surface area contributed by atoms with Crippen molar-refractivity contribution in [3.05, 3.63) is 54.1 Å². The third-order valence-corrected chi connectivity index (χ3v) is 4.33. The van der Waals surface area contributed by atoms with Crippen molar-refractivity contribution < 1.29 is 4.79 Å². The topological polar surface area (TPSA) is 70.1 Å². The van der Waals surface area contributed by atoms with E-state index in [1.165, 1.54) is 11.8 Å². The lowest BCUT2D eigenvalue weighted by atomic mass is 10.2. The monoisotopic (exact) mass is 462 g/mol. The van der Waals surface area contributed by atoms with Gasteiger partial charge in [-0.15, -0.1) is 24.0 Å². The maximum atomic E-state index is 12.0. The Morgan fingerprint density at radius 3 is 2.78 bits per heavy atom. The Labute approximate surface area is 161 Å². The molecule has 0 spiro atoms. The molecule has 0 fully saturated rings. The maximum Gasteiger partial charge on any atom is 0.257 e. The Morgan fingerprint density at radius 1 is 1.35 bits per heavy atom. The van der Waals surface area contributed by atoms with E-state index in [4.69, 9.17) is 0 Å². The van der Waals surface area contributed by atoms with Crippen LogP contribution >= 0.6 is 47.5 Å². The second-order valence-corrected chi connectivity index (χ2v) is 6.22. The molecule has 23 heavy (non-hydrogen) atoms. The molecule has 0 aliphatic heterocycles. The molecule has 1 aromatic heterocycles. The standard InChI is InChI=1S/C15H18N4OS2.HI/c1-21-15(19-14(20)12-5-3-2-4-6-12)17-7-8-22-10-13-9-16-11-18-13;/h2-6,9,11H,7-8,10H2,1H3,(H,16,18)(H,17,19,20);1H. The number of nitrogens with zero attached hydrogens (tertiary/aromatic N) is 2. The predicted octanol–water partition coefficient (Wildman–Crippen LogP) is 3.41. The Kier molecular flexibility index (Phi) is 10.0. The maximum absolute atomic E-state index is 12.0. The lowest BCUT2D eigenvalue weighted by Gasteiger charge is -2.06. The first-order valence-corrected chi connectivity index (χ1v) is 9.18. The molecule has 8 heteroatoms. The summed E-state index contributed by atoms with van der Waals surface area (Å²) in [5, 5.41) is 3.48. The van der Waals surface area contributed by atoms with E-state index >= 15 is 0 Å². The van der Waals surface area contributed by atoms with E-state index in [0.29, 0.717) is 17.3 Å². The summed E-state index contributed by atoms with van der Waals surface area (Å²) in [5.74, 6) is 1.63. The molecule has 1 aromatic carbocycles. The van der Waals surface area contributed by atoms with Gasteiger partial charge < -0.3 is 10.3 Å². The molecular weight excluding hydrogens is 443 g/mol. The van der Waals surface area contributed by atoms with Gasteiger partial charge in [0.2, 0.25) is 0 Å². The summed E-state index contributed by atoms with van der Waals surface area (Å²) in [6, 6.07) is 9.14. The average molecular weight is 462 g/mol. The Bertz CT molecular complexity index is 605. The molecule has 2 aromatic rings. The Hall–Kier alpha value is -1.000. The van der Waals surface area contributed by atoms with Crippen LogP contribution in [0.25, 0.3) is 0 Å². The van der Waals surface area contributed by atoms with Gasteiger partial charge in [-0.2, -0.15) is 11.8 Å². The largest absolute Gasteiger partial charge is 0.351 e. The molecule has 0 aliphatic carbocycles. The Balaban J connectivity index is 0.00000264. The third-order valence-electron chi connectivity index (χ3n) is 2.75. The highest BCUT2D eigenvalue weighted by atomic mass is 127. The highest BCUT2D eigenvalue weighted by Gasteiger charge is 2.07. The molecule has 0 radical (unpaired) electrons. The van der Waals surface area contributed by atoms with Gasteiger partial charge in [0.15, 0.2) is 5.17 Å². The molecule has 0 saturated heterocycles. The van der Waals surface area contributed by atoms with Crippen molar-refractivity contribution in [1.82, 2.24) is 15.3 Å². The van der Waals surface area contributed by atoms with Crippen LogP contribution in [0.5, 0.6) is 0 Å². The summed E-state index contributed by atoms with van der Waals surface area (Å²) in [7, 11) is 0. The number of carbonyl (C=O) groups excluding carboxylic acids is 1. The first kappa shape index (κ1) is 20.0. The van der Waals surface area contributed by atoms with Gasteiger partial charge in [-0.3, -0.25) is 9.79 Å². The smallest absolute Gasteiger partial charge is 0.257 e. The van der Waals surface area contributed by atoms with Crippen LogP contribution in [-0.2, 0) is 5.75 Å². The molecule has 0 atom stereocenters. The zero-order valence-electron chi connectivity index (χ0n) is 12.7. The van der Waals surface area contributed by atoms with E-state index < -0.39 is 0 Å². The normalized spacial score (nSPS) is 10.9. The molecule has 1 amide bonds. The zero-order chi connectivity index (χ0) is 15.6. The molecule has 2 N–H and O–H groups in total. The van der Waals surface area contributed by atoms with Crippen molar-refractivity contribution in [3.63, 3.8) is 0 Å². The van der Waals surface area contributed by atoms with E-state index in [1.54, 1.807) is 30.2 Å². The van der Waals surface area contributed by atoms with Gasteiger partial charge >= 0.3 is 0 Å². The lowest BCUT2D eigenvalue weighted by molar-refractivity contribution is 0.0978. The van der Waals surface area contributed by atoms with Crippen LogP contribution in [0, 0.1) is 0 Å². The number of rotatable bonds is 6. The minimum absolute atomic E-state index is 0. The van der Waals surface area contributed by atoms with Gasteiger partial charge in [-0.25, -0.2) is 4.98 Å². The predicted molar refractivity (Wildman–Crippen MR) is 110 cm³/mol. The fraction of sp³-hybridized carbons (Fsp3) is 0.267. The van der Waals surface area contributed by atoms with E-state index in [0.717, 1.165) is 17.2 Å². The van der Waals surface area contributed by atoms with Gasteiger partial charge in [0.05, 0.1) is 18.6 Å². The quantitative estimate of drug-likeness (QED) is 0.299. The second kappa shape index (κ2) is 11.5. The number of amidine groups is 1. The molecule has 1 heterocycles. The van der Waals surface area contributed by atoms with Crippen LogP contribution in [0.4, 0.5) is 0 Å². The van der Waals surface area contributed by atoms with Crippen molar-refractivity contribution in [2.45, 2.75) is 5.75 Å². The van der Waals surface area contributed by atoms with Crippen LogP contribution in [0.2, 0.25) is 0 Å². The first-order chi connectivity index (χ1) is 10.8. The average Bonchev–Trinajstić information content (AvgIpc) is 3.07. The number of benzene rings is 1. The number of nitrogens with one attached hydrogen (secondary N) is 2. The number of halogens is 1. The van der Waals surface area contributed by atoms with E-state index in [9.17, 15) is 4.79 Å². The van der Waals surface area contributed by atoms with Crippen molar-refractivity contribution in [1.29, 1.82) is 0 Å². The summed E-state index contributed by atoms with van der Waals surface area (Å²) >= 11 is 3.21. The molecule has 124 valence electrons. The summed E-state index contributed by atoms with van der Waals surface area (Å²) in [6.45, 7) is 0.667. The molecule has 5 nitrogen and oxygen atoms in total. The van der Waals surface area contributed by atoms with Crippen LogP contribution < -0.4 is 5.32 Å². The van der Waals surface area contributed by atoms with E-state index in [-0.39, 0.29) is 29.9 Å². The molecule has 0 unspecified atom stereocenters. The van der Waals surface area contributed by atoms with Crippen molar-refractivity contribution >= 4 is 58.6 Å². The summed E-state index contributed by atoms with van der Waals surface area (Å²) in [5.41, 5.74) is 1.67. The molecule has 0 saturated carbocycles.